The van der Waals surface area contributed by atoms with Crippen LogP contribution in [0, 0.1) is 10.1 Å². The molecule has 0 spiro atoms. The van der Waals surface area contributed by atoms with E-state index in [9.17, 15) is 14.9 Å². The summed E-state index contributed by atoms with van der Waals surface area (Å²) in [6.45, 7) is 1.24. The maximum Gasteiger partial charge on any atom is 0.281 e. The first kappa shape index (κ1) is 11.1. The fourth-order valence-corrected chi connectivity index (χ4v) is 1.65. The average Bonchev–Trinajstić information content (AvgIpc) is 2.08. The van der Waals surface area contributed by atoms with Crippen molar-refractivity contribution in [1.29, 1.82) is 0 Å². The van der Waals surface area contributed by atoms with Crippen LogP contribution in [-0.2, 0) is 0 Å². The molecule has 6 heteroatoms. The number of hydrogen-bond donors (Lipinski definition) is 0. The van der Waals surface area contributed by atoms with E-state index in [1.54, 1.807) is 0 Å². The van der Waals surface area contributed by atoms with Gasteiger partial charge in [0.15, 0.2) is 5.78 Å². The number of Topliss-reactive ketones (excluding diaryl/α,β-unsaturated/α-hetero) is 1. The molecule has 1 aromatic carbocycles. The van der Waals surface area contributed by atoms with Gasteiger partial charge in [0, 0.05) is 10.5 Å². The standard InChI is InChI=1S/C8H5BrClNO3/c1-4(12)7-6(11(13)14)3-2-5(9)8(7)10/h2-3H,1H3. The van der Waals surface area contributed by atoms with Crippen molar-refractivity contribution in [1.82, 2.24) is 0 Å². The molecule has 0 aliphatic heterocycles. The first-order valence-electron chi connectivity index (χ1n) is 3.58. The number of nitro groups is 1. The number of benzene rings is 1. The summed E-state index contributed by atoms with van der Waals surface area (Å²) in [5.74, 6) is -0.428. The maximum absolute atomic E-state index is 11.1. The number of carbonyl (C=O) groups is 1. The molecular weight excluding hydrogens is 273 g/mol. The van der Waals surface area contributed by atoms with Gasteiger partial charge in [0.1, 0.15) is 5.56 Å². The third-order valence-corrected chi connectivity index (χ3v) is 2.90. The van der Waals surface area contributed by atoms with Gasteiger partial charge in [-0.2, -0.15) is 0 Å². The quantitative estimate of drug-likeness (QED) is 0.474. The minimum atomic E-state index is -0.630. The highest BCUT2D eigenvalue weighted by Crippen LogP contribution is 2.33. The monoisotopic (exact) mass is 277 g/mol. The highest BCUT2D eigenvalue weighted by atomic mass is 79.9. The van der Waals surface area contributed by atoms with Crippen LogP contribution in [0.1, 0.15) is 17.3 Å². The van der Waals surface area contributed by atoms with Gasteiger partial charge in [0.05, 0.1) is 9.95 Å². The zero-order valence-corrected chi connectivity index (χ0v) is 9.42. The molecule has 0 aliphatic carbocycles. The molecule has 0 bridgehead atoms. The van der Waals surface area contributed by atoms with Crippen LogP contribution in [0.15, 0.2) is 16.6 Å². The Morgan fingerprint density at radius 1 is 1.57 bits per heavy atom. The van der Waals surface area contributed by atoms with E-state index >= 15 is 0 Å². The minimum absolute atomic E-state index is 0.0639. The summed E-state index contributed by atoms with van der Waals surface area (Å²) in [6, 6.07) is 2.68. The normalized spacial score (nSPS) is 9.93. The Hall–Kier alpha value is -0.940. The van der Waals surface area contributed by atoms with Crippen LogP contribution in [0.25, 0.3) is 0 Å². The SMILES string of the molecule is CC(=O)c1c([N+](=O)[O-])ccc(Br)c1Cl. The predicted octanol–water partition coefficient (Wildman–Crippen LogP) is 3.21. The minimum Gasteiger partial charge on any atom is -0.294 e. The van der Waals surface area contributed by atoms with Crippen LogP contribution in [0.2, 0.25) is 5.02 Å². The van der Waals surface area contributed by atoms with Crippen molar-refractivity contribution in [2.24, 2.45) is 0 Å². The lowest BCUT2D eigenvalue weighted by Gasteiger charge is -2.02. The van der Waals surface area contributed by atoms with E-state index in [1.807, 2.05) is 0 Å². The van der Waals surface area contributed by atoms with Crippen molar-refractivity contribution >= 4 is 39.0 Å². The molecule has 0 unspecified atom stereocenters. The van der Waals surface area contributed by atoms with Crippen molar-refractivity contribution in [3.8, 4) is 0 Å². The number of ketones is 1. The van der Waals surface area contributed by atoms with E-state index in [0.717, 1.165) is 0 Å². The number of nitrogens with zero attached hydrogens (tertiary/aromatic N) is 1. The lowest BCUT2D eigenvalue weighted by atomic mass is 10.1. The van der Waals surface area contributed by atoms with Gasteiger partial charge in [-0.25, -0.2) is 0 Å². The second-order valence-electron chi connectivity index (χ2n) is 2.57. The third-order valence-electron chi connectivity index (χ3n) is 1.62. The summed E-state index contributed by atoms with van der Waals surface area (Å²) in [7, 11) is 0. The van der Waals surface area contributed by atoms with Gasteiger partial charge in [0.2, 0.25) is 0 Å². The van der Waals surface area contributed by atoms with Crippen molar-refractivity contribution < 1.29 is 9.72 Å². The summed E-state index contributed by atoms with van der Waals surface area (Å²) >= 11 is 8.86. The molecule has 1 aromatic rings. The van der Waals surface area contributed by atoms with Crippen molar-refractivity contribution in [3.63, 3.8) is 0 Å². The fraction of sp³-hybridized carbons (Fsp3) is 0.125. The summed E-state index contributed by atoms with van der Waals surface area (Å²) in [5, 5.41) is 10.6. The van der Waals surface area contributed by atoms with E-state index in [-0.39, 0.29) is 16.3 Å². The zero-order chi connectivity index (χ0) is 10.9. The highest BCUT2D eigenvalue weighted by Gasteiger charge is 2.22. The van der Waals surface area contributed by atoms with E-state index < -0.39 is 10.7 Å². The van der Waals surface area contributed by atoms with Gasteiger partial charge in [-0.1, -0.05) is 11.6 Å². The maximum atomic E-state index is 11.1. The topological polar surface area (TPSA) is 60.2 Å². The van der Waals surface area contributed by atoms with Crippen LogP contribution in [0.3, 0.4) is 0 Å². The Morgan fingerprint density at radius 2 is 2.14 bits per heavy atom. The number of nitro benzene ring substituents is 1. The van der Waals surface area contributed by atoms with E-state index in [0.29, 0.717) is 4.47 Å². The highest BCUT2D eigenvalue weighted by molar-refractivity contribution is 9.10. The Bertz CT molecular complexity index is 419. The van der Waals surface area contributed by atoms with Gasteiger partial charge < -0.3 is 0 Å². The van der Waals surface area contributed by atoms with Crippen LogP contribution >= 0.6 is 27.5 Å². The molecule has 0 radical (unpaired) electrons. The molecule has 0 aromatic heterocycles. The Labute approximate surface area is 93.1 Å². The molecule has 0 fully saturated rings. The van der Waals surface area contributed by atoms with Gasteiger partial charge in [0.25, 0.3) is 5.69 Å². The summed E-state index contributed by atoms with van der Waals surface area (Å²) in [6.07, 6.45) is 0. The Balaban J connectivity index is 3.53. The second-order valence-corrected chi connectivity index (χ2v) is 3.80. The molecule has 14 heavy (non-hydrogen) atoms. The lowest BCUT2D eigenvalue weighted by Crippen LogP contribution is -2.01. The van der Waals surface area contributed by atoms with E-state index in [1.165, 1.54) is 19.1 Å². The number of rotatable bonds is 2. The van der Waals surface area contributed by atoms with E-state index in [2.05, 4.69) is 15.9 Å². The van der Waals surface area contributed by atoms with E-state index in [4.69, 9.17) is 11.6 Å². The first-order chi connectivity index (χ1) is 6.45. The summed E-state index contributed by atoms with van der Waals surface area (Å²) in [5.41, 5.74) is -0.336. The average molecular weight is 278 g/mol. The van der Waals surface area contributed by atoms with Crippen molar-refractivity contribution in [3.05, 3.63) is 37.3 Å². The molecule has 0 atom stereocenters. The molecule has 1 rings (SSSR count). The van der Waals surface area contributed by atoms with Crippen molar-refractivity contribution in [2.75, 3.05) is 0 Å². The number of carbonyl (C=O) groups excluding carboxylic acids is 1. The van der Waals surface area contributed by atoms with Crippen LogP contribution in [0.4, 0.5) is 5.69 Å². The smallest absolute Gasteiger partial charge is 0.281 e. The molecule has 0 heterocycles. The van der Waals surface area contributed by atoms with Crippen LogP contribution < -0.4 is 0 Å². The summed E-state index contributed by atoms with van der Waals surface area (Å²) < 4.78 is 0.468. The zero-order valence-electron chi connectivity index (χ0n) is 7.08. The fourth-order valence-electron chi connectivity index (χ4n) is 1.03. The van der Waals surface area contributed by atoms with Gasteiger partial charge >= 0.3 is 0 Å². The molecule has 0 amide bonds. The number of hydrogen-bond acceptors (Lipinski definition) is 3. The largest absolute Gasteiger partial charge is 0.294 e. The molecule has 0 saturated heterocycles. The molecule has 74 valence electrons. The molecular formula is C8H5BrClNO3. The molecule has 0 saturated carbocycles. The molecule has 0 aliphatic rings. The summed E-state index contributed by atoms with van der Waals surface area (Å²) in [4.78, 5) is 21.1. The van der Waals surface area contributed by atoms with Crippen molar-refractivity contribution in [2.45, 2.75) is 6.92 Å². The van der Waals surface area contributed by atoms with Crippen LogP contribution in [-0.4, -0.2) is 10.7 Å². The predicted molar refractivity (Wildman–Crippen MR) is 55.8 cm³/mol. The number of halogens is 2. The van der Waals surface area contributed by atoms with Gasteiger partial charge in [-0.15, -0.1) is 0 Å². The van der Waals surface area contributed by atoms with Gasteiger partial charge in [-0.05, 0) is 28.9 Å². The third kappa shape index (κ3) is 1.93. The first-order valence-corrected chi connectivity index (χ1v) is 4.75. The van der Waals surface area contributed by atoms with Crippen LogP contribution in [0.5, 0.6) is 0 Å². The molecule has 0 N–H and O–H groups in total. The lowest BCUT2D eigenvalue weighted by molar-refractivity contribution is -0.385. The second kappa shape index (κ2) is 4.06. The Kier molecular flexibility index (Phi) is 3.23. The molecule has 4 nitrogen and oxygen atoms in total. The van der Waals surface area contributed by atoms with Gasteiger partial charge in [-0.3, -0.25) is 14.9 Å². The Morgan fingerprint density at radius 3 is 2.57 bits per heavy atom.